The maximum Gasteiger partial charge on any atom is 0.220 e. The Morgan fingerprint density at radius 1 is 1.32 bits per heavy atom. The monoisotopic (exact) mass is 283 g/mol. The molecule has 19 heavy (non-hydrogen) atoms. The van der Waals surface area contributed by atoms with E-state index in [1.54, 1.807) is 0 Å². The summed E-state index contributed by atoms with van der Waals surface area (Å²) in [5, 5.41) is 2.79. The molecule has 1 rings (SSSR count). The van der Waals surface area contributed by atoms with Crippen molar-refractivity contribution in [1.29, 1.82) is 0 Å². The second-order valence-corrected chi connectivity index (χ2v) is 5.09. The third kappa shape index (κ3) is 6.48. The highest BCUT2D eigenvalue weighted by Crippen LogP contribution is 2.18. The second kappa shape index (κ2) is 8.81. The number of amides is 1. The zero-order valence-corrected chi connectivity index (χ0v) is 12.4. The molecule has 0 saturated carbocycles. The minimum absolute atomic E-state index is 0.0272. The second-order valence-electron chi connectivity index (χ2n) is 4.71. The molecule has 0 aromatic heterocycles. The van der Waals surface area contributed by atoms with Gasteiger partial charge in [-0.3, -0.25) is 4.79 Å². The lowest BCUT2D eigenvalue weighted by Crippen LogP contribution is -2.27. The molecule has 106 valence electrons. The average Bonchev–Trinajstić information content (AvgIpc) is 2.41. The number of carbonyl (C=O) groups excluding carboxylic acids is 1. The van der Waals surface area contributed by atoms with Gasteiger partial charge in [0.05, 0.1) is 6.54 Å². The van der Waals surface area contributed by atoms with Crippen LogP contribution in [-0.4, -0.2) is 24.9 Å². The Balaban J connectivity index is 2.20. The minimum Gasteiger partial charge on any atom is -0.492 e. The van der Waals surface area contributed by atoms with Crippen molar-refractivity contribution in [2.45, 2.75) is 32.6 Å². The van der Waals surface area contributed by atoms with Crippen LogP contribution in [0, 0.1) is 0 Å². The number of hydrogen-bond donors (Lipinski definition) is 1. The van der Waals surface area contributed by atoms with Gasteiger partial charge in [0.2, 0.25) is 5.91 Å². The van der Waals surface area contributed by atoms with Gasteiger partial charge in [0, 0.05) is 12.3 Å². The van der Waals surface area contributed by atoms with Gasteiger partial charge in [-0.25, -0.2) is 0 Å². The van der Waals surface area contributed by atoms with Crippen LogP contribution in [0.1, 0.15) is 38.2 Å². The quantitative estimate of drug-likeness (QED) is 0.587. The van der Waals surface area contributed by atoms with Crippen molar-refractivity contribution in [2.75, 3.05) is 19.0 Å². The van der Waals surface area contributed by atoms with Gasteiger partial charge in [0.15, 0.2) is 0 Å². The molecule has 0 unspecified atom stereocenters. The normalized spacial score (nSPS) is 10.5. The number of carbonyl (C=O) groups is 1. The highest BCUT2D eigenvalue weighted by atomic mass is 35.5. The summed E-state index contributed by atoms with van der Waals surface area (Å²) in [6.07, 6.45) is 1.19. The third-order valence-corrected chi connectivity index (χ3v) is 3.04. The first kappa shape index (κ1) is 15.8. The van der Waals surface area contributed by atoms with Gasteiger partial charge in [0.1, 0.15) is 12.4 Å². The van der Waals surface area contributed by atoms with Crippen LogP contribution < -0.4 is 10.1 Å². The number of alkyl halides is 1. The molecule has 0 spiro atoms. The lowest BCUT2D eigenvalue weighted by atomic mass is 10.0. The Morgan fingerprint density at radius 3 is 2.58 bits per heavy atom. The highest BCUT2D eigenvalue weighted by Gasteiger charge is 2.01. The summed E-state index contributed by atoms with van der Waals surface area (Å²) in [5.41, 5.74) is 1.29. The van der Waals surface area contributed by atoms with Crippen molar-refractivity contribution >= 4 is 17.5 Å². The molecule has 0 aliphatic rings. The molecule has 0 bridgehead atoms. The molecular weight excluding hydrogens is 262 g/mol. The predicted octanol–water partition coefficient (Wildman–Crippen LogP) is 3.32. The van der Waals surface area contributed by atoms with E-state index in [4.69, 9.17) is 16.3 Å². The largest absolute Gasteiger partial charge is 0.492 e. The first-order chi connectivity index (χ1) is 9.13. The Kier molecular flexibility index (Phi) is 7.34. The summed E-state index contributed by atoms with van der Waals surface area (Å²) in [5.74, 6) is 1.90. The number of benzene rings is 1. The molecule has 0 aliphatic carbocycles. The summed E-state index contributed by atoms with van der Waals surface area (Å²) in [4.78, 5) is 11.3. The molecular formula is C15H22ClNO2. The number of halogens is 1. The van der Waals surface area contributed by atoms with E-state index in [9.17, 15) is 4.79 Å². The van der Waals surface area contributed by atoms with E-state index in [2.05, 4.69) is 31.3 Å². The summed E-state index contributed by atoms with van der Waals surface area (Å²) in [7, 11) is 0. The maximum atomic E-state index is 11.3. The first-order valence-corrected chi connectivity index (χ1v) is 7.22. The molecule has 0 fully saturated rings. The van der Waals surface area contributed by atoms with Crippen molar-refractivity contribution < 1.29 is 9.53 Å². The lowest BCUT2D eigenvalue weighted by molar-refractivity contribution is -0.121. The molecule has 1 N–H and O–H groups in total. The standard InChI is InChI=1S/C15H22ClNO2/c1-12(2)13-5-7-14(8-6-13)19-11-10-17-15(18)4-3-9-16/h5-8,12H,3-4,9-11H2,1-2H3,(H,17,18). The molecule has 1 aromatic carbocycles. The van der Waals surface area contributed by atoms with Gasteiger partial charge in [-0.1, -0.05) is 26.0 Å². The summed E-state index contributed by atoms with van der Waals surface area (Å²) >= 11 is 5.52. The van der Waals surface area contributed by atoms with Crippen LogP contribution in [-0.2, 0) is 4.79 Å². The first-order valence-electron chi connectivity index (χ1n) is 6.69. The van der Waals surface area contributed by atoms with E-state index >= 15 is 0 Å². The van der Waals surface area contributed by atoms with E-state index in [1.165, 1.54) is 5.56 Å². The van der Waals surface area contributed by atoms with E-state index in [-0.39, 0.29) is 5.91 Å². The van der Waals surface area contributed by atoms with Gasteiger partial charge < -0.3 is 10.1 Å². The summed E-state index contributed by atoms with van der Waals surface area (Å²) in [6.45, 7) is 5.32. The van der Waals surface area contributed by atoms with Crippen LogP contribution in [0.4, 0.5) is 0 Å². The van der Waals surface area contributed by atoms with Crippen molar-refractivity contribution in [3.63, 3.8) is 0 Å². The SMILES string of the molecule is CC(C)c1ccc(OCCNC(=O)CCCCl)cc1. The van der Waals surface area contributed by atoms with E-state index in [0.29, 0.717) is 37.8 Å². The Labute approximate surface area is 120 Å². The number of nitrogens with one attached hydrogen (secondary N) is 1. The smallest absolute Gasteiger partial charge is 0.220 e. The van der Waals surface area contributed by atoms with Crippen molar-refractivity contribution in [3.05, 3.63) is 29.8 Å². The van der Waals surface area contributed by atoms with Crippen molar-refractivity contribution in [2.24, 2.45) is 0 Å². The maximum absolute atomic E-state index is 11.3. The molecule has 0 atom stereocenters. The van der Waals surface area contributed by atoms with Crippen LogP contribution in [0.5, 0.6) is 5.75 Å². The highest BCUT2D eigenvalue weighted by molar-refractivity contribution is 6.17. The molecule has 0 aliphatic heterocycles. The van der Waals surface area contributed by atoms with Crippen molar-refractivity contribution in [1.82, 2.24) is 5.32 Å². The van der Waals surface area contributed by atoms with Crippen LogP contribution in [0.3, 0.4) is 0 Å². The fourth-order valence-corrected chi connectivity index (χ4v) is 1.76. The third-order valence-electron chi connectivity index (χ3n) is 2.78. The van der Waals surface area contributed by atoms with E-state index in [0.717, 1.165) is 5.75 Å². The molecule has 0 heterocycles. The molecule has 1 amide bonds. The Hall–Kier alpha value is -1.22. The fraction of sp³-hybridized carbons (Fsp3) is 0.533. The van der Waals surface area contributed by atoms with Gasteiger partial charge in [-0.2, -0.15) is 0 Å². The van der Waals surface area contributed by atoms with Crippen LogP contribution in [0.15, 0.2) is 24.3 Å². The van der Waals surface area contributed by atoms with Crippen LogP contribution in [0.2, 0.25) is 0 Å². The van der Waals surface area contributed by atoms with Gasteiger partial charge in [-0.15, -0.1) is 11.6 Å². The summed E-state index contributed by atoms with van der Waals surface area (Å²) in [6, 6.07) is 8.06. The molecule has 4 heteroatoms. The van der Waals surface area contributed by atoms with Crippen molar-refractivity contribution in [3.8, 4) is 5.75 Å². The number of ether oxygens (including phenoxy) is 1. The molecule has 1 aromatic rings. The van der Waals surface area contributed by atoms with E-state index in [1.807, 2.05) is 12.1 Å². The van der Waals surface area contributed by atoms with Crippen LogP contribution >= 0.6 is 11.6 Å². The zero-order chi connectivity index (χ0) is 14.1. The van der Waals surface area contributed by atoms with Gasteiger partial charge in [0.25, 0.3) is 0 Å². The predicted molar refractivity (Wildman–Crippen MR) is 79.0 cm³/mol. The van der Waals surface area contributed by atoms with Crippen LogP contribution in [0.25, 0.3) is 0 Å². The van der Waals surface area contributed by atoms with Gasteiger partial charge in [-0.05, 0) is 30.0 Å². The Bertz CT molecular complexity index is 376. The fourth-order valence-electron chi connectivity index (χ4n) is 1.62. The number of rotatable bonds is 8. The molecule has 0 radical (unpaired) electrons. The average molecular weight is 284 g/mol. The van der Waals surface area contributed by atoms with Gasteiger partial charge >= 0.3 is 0 Å². The Morgan fingerprint density at radius 2 is 2.00 bits per heavy atom. The summed E-state index contributed by atoms with van der Waals surface area (Å²) < 4.78 is 5.55. The topological polar surface area (TPSA) is 38.3 Å². The minimum atomic E-state index is 0.0272. The zero-order valence-electron chi connectivity index (χ0n) is 11.6. The van der Waals surface area contributed by atoms with E-state index < -0.39 is 0 Å². The number of hydrogen-bond acceptors (Lipinski definition) is 2. The lowest BCUT2D eigenvalue weighted by Gasteiger charge is -2.09. The molecule has 0 saturated heterocycles. The molecule has 3 nitrogen and oxygen atoms in total.